The quantitative estimate of drug-likeness (QED) is 0.381. The molecule has 0 aliphatic carbocycles. The summed E-state index contributed by atoms with van der Waals surface area (Å²) in [7, 11) is 0. The monoisotopic (exact) mass is 436 g/mol. The summed E-state index contributed by atoms with van der Waals surface area (Å²) < 4.78 is 2.84. The van der Waals surface area contributed by atoms with Crippen molar-refractivity contribution in [3.05, 3.63) is 64.8 Å². The number of thiazole rings is 1. The van der Waals surface area contributed by atoms with Gasteiger partial charge in [-0.1, -0.05) is 37.3 Å². The molecular weight excluding hydrogens is 412 g/mol. The first kappa shape index (κ1) is 20.6. The number of hydrogen-bond acceptors (Lipinski definition) is 5. The molecule has 0 bridgehead atoms. The molecular formula is C23H24N4OS2. The second-order valence-corrected chi connectivity index (χ2v) is 10.3. The predicted octanol–water partition coefficient (Wildman–Crippen LogP) is 6.16. The fourth-order valence-electron chi connectivity index (χ4n) is 3.36. The molecule has 2 heterocycles. The van der Waals surface area contributed by atoms with Crippen molar-refractivity contribution in [2.24, 2.45) is 0 Å². The van der Waals surface area contributed by atoms with Crippen LogP contribution in [0.25, 0.3) is 15.3 Å². The second-order valence-electron chi connectivity index (χ2n) is 7.66. The molecule has 7 heteroatoms. The number of nitrogens with zero attached hydrogens (tertiary/aromatic N) is 3. The molecule has 4 aromatic rings. The SMILES string of the molecule is Cc1cc(C)c2nc(-n3nc(C)cc3NC(=O)c3cccc(SC(C)C)c3)sc2c1. The normalized spacial score (nSPS) is 11.4. The minimum atomic E-state index is -0.157. The van der Waals surface area contributed by atoms with Crippen LogP contribution < -0.4 is 5.32 Å². The van der Waals surface area contributed by atoms with Crippen molar-refractivity contribution in [2.45, 2.75) is 44.8 Å². The van der Waals surface area contributed by atoms with E-state index < -0.39 is 0 Å². The van der Waals surface area contributed by atoms with E-state index in [2.05, 4.69) is 50.2 Å². The van der Waals surface area contributed by atoms with Crippen molar-refractivity contribution >= 4 is 45.0 Å². The van der Waals surface area contributed by atoms with Gasteiger partial charge in [-0.15, -0.1) is 11.8 Å². The molecule has 2 aromatic carbocycles. The Balaban J connectivity index is 1.66. The van der Waals surface area contributed by atoms with Crippen LogP contribution in [0.15, 0.2) is 47.4 Å². The van der Waals surface area contributed by atoms with Gasteiger partial charge in [0.1, 0.15) is 5.82 Å². The summed E-state index contributed by atoms with van der Waals surface area (Å²) >= 11 is 3.31. The number of amides is 1. The van der Waals surface area contributed by atoms with Gasteiger partial charge in [-0.2, -0.15) is 9.78 Å². The van der Waals surface area contributed by atoms with E-state index in [1.54, 1.807) is 27.8 Å². The van der Waals surface area contributed by atoms with Gasteiger partial charge in [0.05, 0.1) is 15.9 Å². The van der Waals surface area contributed by atoms with Crippen molar-refractivity contribution < 1.29 is 4.79 Å². The summed E-state index contributed by atoms with van der Waals surface area (Å²) in [5.74, 6) is 0.461. The number of rotatable bonds is 5. The molecule has 4 rings (SSSR count). The summed E-state index contributed by atoms with van der Waals surface area (Å²) in [6.07, 6.45) is 0. The zero-order valence-corrected chi connectivity index (χ0v) is 19.3. The van der Waals surface area contributed by atoms with Gasteiger partial charge in [-0.05, 0) is 56.2 Å². The molecule has 0 spiro atoms. The van der Waals surface area contributed by atoms with E-state index in [9.17, 15) is 4.79 Å². The molecule has 0 fully saturated rings. The first-order chi connectivity index (χ1) is 14.3. The number of anilines is 1. The summed E-state index contributed by atoms with van der Waals surface area (Å²) in [4.78, 5) is 18.8. The number of carbonyl (C=O) groups excluding carboxylic acids is 1. The Kier molecular flexibility index (Phi) is 5.66. The second kappa shape index (κ2) is 8.24. The van der Waals surface area contributed by atoms with E-state index >= 15 is 0 Å². The van der Waals surface area contributed by atoms with E-state index in [0.29, 0.717) is 16.6 Å². The summed E-state index contributed by atoms with van der Waals surface area (Å²) in [5.41, 5.74) is 4.77. The highest BCUT2D eigenvalue weighted by molar-refractivity contribution is 7.99. The lowest BCUT2D eigenvalue weighted by Crippen LogP contribution is -2.15. The fourth-order valence-corrected chi connectivity index (χ4v) is 5.36. The van der Waals surface area contributed by atoms with Gasteiger partial charge in [0.15, 0.2) is 0 Å². The largest absolute Gasteiger partial charge is 0.306 e. The molecule has 2 aromatic heterocycles. The van der Waals surface area contributed by atoms with Crippen LogP contribution in [0.2, 0.25) is 0 Å². The standard InChI is InChI=1S/C23H24N4OS2/c1-13(2)29-18-8-6-7-17(12-18)22(28)24-20-11-16(5)26-27(20)23-25-21-15(4)9-14(3)10-19(21)30-23/h6-13H,1-5H3,(H,24,28). The minimum absolute atomic E-state index is 0.157. The molecule has 0 saturated heterocycles. The number of thioether (sulfide) groups is 1. The Labute approximate surface area is 184 Å². The highest BCUT2D eigenvalue weighted by Gasteiger charge is 2.16. The van der Waals surface area contributed by atoms with Gasteiger partial charge >= 0.3 is 0 Å². The maximum absolute atomic E-state index is 12.9. The lowest BCUT2D eigenvalue weighted by molar-refractivity contribution is 0.102. The Morgan fingerprint density at radius 1 is 1.13 bits per heavy atom. The zero-order valence-electron chi connectivity index (χ0n) is 17.7. The number of aromatic nitrogens is 3. The number of aryl methyl sites for hydroxylation is 3. The van der Waals surface area contributed by atoms with E-state index in [0.717, 1.165) is 31.5 Å². The summed E-state index contributed by atoms with van der Waals surface area (Å²) in [6, 6.07) is 13.8. The van der Waals surface area contributed by atoms with E-state index in [1.807, 2.05) is 37.3 Å². The summed E-state index contributed by atoms with van der Waals surface area (Å²) in [6.45, 7) is 10.3. The minimum Gasteiger partial charge on any atom is -0.306 e. The van der Waals surface area contributed by atoms with Gasteiger partial charge in [-0.25, -0.2) is 4.98 Å². The van der Waals surface area contributed by atoms with E-state index in [1.165, 1.54) is 5.56 Å². The molecule has 1 N–H and O–H groups in total. The van der Waals surface area contributed by atoms with Crippen LogP contribution >= 0.6 is 23.1 Å². The third-order valence-electron chi connectivity index (χ3n) is 4.54. The van der Waals surface area contributed by atoms with Crippen LogP contribution in [-0.4, -0.2) is 25.9 Å². The van der Waals surface area contributed by atoms with Crippen molar-refractivity contribution in [3.8, 4) is 5.13 Å². The summed E-state index contributed by atoms with van der Waals surface area (Å²) in [5, 5.41) is 8.79. The molecule has 0 radical (unpaired) electrons. The Morgan fingerprint density at radius 2 is 1.93 bits per heavy atom. The van der Waals surface area contributed by atoms with Crippen LogP contribution in [0.3, 0.4) is 0 Å². The smallest absolute Gasteiger partial charge is 0.256 e. The highest BCUT2D eigenvalue weighted by Crippen LogP contribution is 2.30. The lowest BCUT2D eigenvalue weighted by atomic mass is 10.1. The van der Waals surface area contributed by atoms with Crippen molar-refractivity contribution in [1.29, 1.82) is 0 Å². The topological polar surface area (TPSA) is 59.8 Å². The molecule has 5 nitrogen and oxygen atoms in total. The van der Waals surface area contributed by atoms with Crippen LogP contribution in [0.5, 0.6) is 0 Å². The Bertz CT molecular complexity index is 1240. The van der Waals surface area contributed by atoms with Gasteiger partial charge < -0.3 is 5.32 Å². The first-order valence-corrected chi connectivity index (χ1v) is 11.5. The van der Waals surface area contributed by atoms with E-state index in [-0.39, 0.29) is 5.91 Å². The van der Waals surface area contributed by atoms with Gasteiger partial charge in [-0.3, -0.25) is 4.79 Å². The zero-order chi connectivity index (χ0) is 21.4. The third kappa shape index (κ3) is 4.27. The van der Waals surface area contributed by atoms with Crippen LogP contribution in [0, 0.1) is 20.8 Å². The van der Waals surface area contributed by atoms with Crippen LogP contribution in [-0.2, 0) is 0 Å². The molecule has 0 saturated carbocycles. The first-order valence-electron chi connectivity index (χ1n) is 9.83. The average molecular weight is 437 g/mol. The number of benzene rings is 2. The van der Waals surface area contributed by atoms with Crippen LogP contribution in [0.1, 0.15) is 41.0 Å². The van der Waals surface area contributed by atoms with Crippen molar-refractivity contribution in [3.63, 3.8) is 0 Å². The average Bonchev–Trinajstić information content (AvgIpc) is 3.24. The van der Waals surface area contributed by atoms with Crippen LogP contribution in [0.4, 0.5) is 5.82 Å². The maximum Gasteiger partial charge on any atom is 0.256 e. The molecule has 154 valence electrons. The number of nitrogens with one attached hydrogen (secondary N) is 1. The lowest BCUT2D eigenvalue weighted by Gasteiger charge is -2.09. The maximum atomic E-state index is 12.9. The molecule has 0 aliphatic rings. The molecule has 30 heavy (non-hydrogen) atoms. The highest BCUT2D eigenvalue weighted by atomic mass is 32.2. The fraction of sp³-hybridized carbons (Fsp3) is 0.261. The van der Waals surface area contributed by atoms with E-state index in [4.69, 9.17) is 4.98 Å². The third-order valence-corrected chi connectivity index (χ3v) is 6.52. The van der Waals surface area contributed by atoms with Gasteiger partial charge in [0, 0.05) is 21.8 Å². The Hall–Kier alpha value is -2.64. The van der Waals surface area contributed by atoms with Gasteiger partial charge in [0.2, 0.25) is 5.13 Å². The van der Waals surface area contributed by atoms with Crippen molar-refractivity contribution in [1.82, 2.24) is 14.8 Å². The van der Waals surface area contributed by atoms with Crippen molar-refractivity contribution in [2.75, 3.05) is 5.32 Å². The predicted molar refractivity (Wildman–Crippen MR) is 126 cm³/mol. The number of carbonyl (C=O) groups is 1. The molecule has 1 amide bonds. The molecule has 0 unspecified atom stereocenters. The molecule has 0 atom stereocenters. The number of hydrogen-bond donors (Lipinski definition) is 1. The molecule has 0 aliphatic heterocycles. The Morgan fingerprint density at radius 3 is 2.70 bits per heavy atom. The van der Waals surface area contributed by atoms with Gasteiger partial charge in [0.25, 0.3) is 5.91 Å². The number of fused-ring (bicyclic) bond motifs is 1.